The Labute approximate surface area is 121 Å². The normalized spacial score (nSPS) is 28.4. The molecule has 2 saturated carbocycles. The van der Waals surface area contributed by atoms with Crippen molar-refractivity contribution in [2.75, 3.05) is 0 Å². The van der Waals surface area contributed by atoms with Gasteiger partial charge in [-0.1, -0.05) is 50.5 Å². The summed E-state index contributed by atoms with van der Waals surface area (Å²) in [5, 5.41) is 0. The first-order valence-electron chi connectivity index (χ1n) is 8.00. The molecule has 2 heteroatoms. The lowest BCUT2D eigenvalue weighted by molar-refractivity contribution is -0.149. The fourth-order valence-electron chi connectivity index (χ4n) is 3.90. The Kier molecular flexibility index (Phi) is 4.09. The van der Waals surface area contributed by atoms with Crippen LogP contribution in [0.4, 0.5) is 0 Å². The van der Waals surface area contributed by atoms with E-state index in [0.717, 1.165) is 36.7 Å². The van der Waals surface area contributed by atoms with Crippen LogP contribution in [-0.2, 0) is 22.6 Å². The van der Waals surface area contributed by atoms with Crippen molar-refractivity contribution in [1.29, 1.82) is 0 Å². The third-order valence-electron chi connectivity index (χ3n) is 5.14. The first-order valence-corrected chi connectivity index (χ1v) is 8.00. The summed E-state index contributed by atoms with van der Waals surface area (Å²) in [4.78, 5) is 12.2. The van der Waals surface area contributed by atoms with E-state index in [4.69, 9.17) is 4.74 Å². The summed E-state index contributed by atoms with van der Waals surface area (Å²) in [5.41, 5.74) is 2.41. The number of esters is 1. The highest BCUT2D eigenvalue weighted by Crippen LogP contribution is 2.47. The summed E-state index contributed by atoms with van der Waals surface area (Å²) in [5.74, 6) is 1.80. The second kappa shape index (κ2) is 5.99. The lowest BCUT2D eigenvalue weighted by atomic mass is 10.0. The van der Waals surface area contributed by atoms with Crippen molar-refractivity contribution in [2.24, 2.45) is 17.8 Å². The molecular weight excluding hydrogens is 248 g/mol. The van der Waals surface area contributed by atoms with E-state index in [-0.39, 0.29) is 11.9 Å². The molecule has 0 spiro atoms. The summed E-state index contributed by atoms with van der Waals surface area (Å²) in [7, 11) is 0. The van der Waals surface area contributed by atoms with Crippen molar-refractivity contribution < 1.29 is 9.53 Å². The van der Waals surface area contributed by atoms with Gasteiger partial charge in [0, 0.05) is 0 Å². The number of carbonyl (C=O) groups is 1. The quantitative estimate of drug-likeness (QED) is 0.771. The van der Waals surface area contributed by atoms with Crippen LogP contribution in [0, 0.1) is 17.8 Å². The Hall–Kier alpha value is -1.31. The van der Waals surface area contributed by atoms with E-state index in [1.165, 1.54) is 24.8 Å². The molecule has 2 aliphatic rings. The van der Waals surface area contributed by atoms with Crippen LogP contribution in [0.1, 0.15) is 50.2 Å². The highest BCUT2D eigenvalue weighted by atomic mass is 16.5. The summed E-state index contributed by atoms with van der Waals surface area (Å²) in [6, 6.07) is 8.36. The van der Waals surface area contributed by atoms with Crippen molar-refractivity contribution in [2.45, 2.75) is 52.1 Å². The molecule has 0 saturated heterocycles. The number of aryl methyl sites for hydroxylation is 1. The Morgan fingerprint density at radius 1 is 1.10 bits per heavy atom. The van der Waals surface area contributed by atoms with Gasteiger partial charge < -0.3 is 4.74 Å². The predicted molar refractivity (Wildman–Crippen MR) is 79.2 cm³/mol. The van der Waals surface area contributed by atoms with E-state index in [2.05, 4.69) is 31.2 Å². The Bertz CT molecular complexity index is 451. The molecule has 2 fully saturated rings. The van der Waals surface area contributed by atoms with Gasteiger partial charge in [0.25, 0.3) is 0 Å². The average molecular weight is 272 g/mol. The van der Waals surface area contributed by atoms with Gasteiger partial charge in [0.2, 0.25) is 0 Å². The van der Waals surface area contributed by atoms with Gasteiger partial charge in [0.1, 0.15) is 6.61 Å². The third-order valence-corrected chi connectivity index (χ3v) is 5.14. The minimum atomic E-state index is 0.0268. The van der Waals surface area contributed by atoms with Crippen LogP contribution in [0.5, 0.6) is 0 Å². The van der Waals surface area contributed by atoms with Crippen molar-refractivity contribution in [3.63, 3.8) is 0 Å². The molecule has 1 unspecified atom stereocenters. The van der Waals surface area contributed by atoms with Gasteiger partial charge >= 0.3 is 5.97 Å². The monoisotopic (exact) mass is 272 g/mol. The van der Waals surface area contributed by atoms with E-state index in [0.29, 0.717) is 6.61 Å². The molecule has 2 aliphatic carbocycles. The molecule has 3 atom stereocenters. The molecule has 0 aliphatic heterocycles. The number of rotatable bonds is 4. The molecule has 0 aromatic heterocycles. The van der Waals surface area contributed by atoms with E-state index in [9.17, 15) is 4.79 Å². The van der Waals surface area contributed by atoms with Gasteiger partial charge in [-0.15, -0.1) is 0 Å². The van der Waals surface area contributed by atoms with E-state index in [1.807, 2.05) is 0 Å². The number of ether oxygens (including phenoxy) is 1. The second-order valence-electron chi connectivity index (χ2n) is 6.40. The van der Waals surface area contributed by atoms with Crippen LogP contribution in [0.25, 0.3) is 0 Å². The van der Waals surface area contributed by atoms with Crippen LogP contribution in [-0.4, -0.2) is 5.97 Å². The van der Waals surface area contributed by atoms with E-state index in [1.54, 1.807) is 0 Å². The molecule has 0 heterocycles. The molecule has 1 aromatic rings. The molecule has 20 heavy (non-hydrogen) atoms. The minimum Gasteiger partial charge on any atom is -0.461 e. The lowest BCUT2D eigenvalue weighted by Crippen LogP contribution is -2.15. The maximum atomic E-state index is 12.2. The SMILES string of the molecule is CCc1ccc(COC(=O)C2C[C@H]3CCC[C@H]3C2)cc1. The Balaban J connectivity index is 1.49. The smallest absolute Gasteiger partial charge is 0.309 e. The predicted octanol–water partition coefficient (Wildman–Crippen LogP) is 4.12. The number of fused-ring (bicyclic) bond motifs is 1. The minimum absolute atomic E-state index is 0.0268. The summed E-state index contributed by atoms with van der Waals surface area (Å²) >= 11 is 0. The van der Waals surface area contributed by atoms with Crippen molar-refractivity contribution in [1.82, 2.24) is 0 Å². The molecule has 0 bridgehead atoms. The number of hydrogen-bond acceptors (Lipinski definition) is 2. The molecule has 0 amide bonds. The topological polar surface area (TPSA) is 26.3 Å². The van der Waals surface area contributed by atoms with Gasteiger partial charge in [-0.05, 0) is 42.2 Å². The van der Waals surface area contributed by atoms with Crippen LogP contribution >= 0.6 is 0 Å². The molecule has 0 radical (unpaired) electrons. The number of benzene rings is 1. The molecule has 1 aromatic carbocycles. The van der Waals surface area contributed by atoms with Crippen molar-refractivity contribution >= 4 is 5.97 Å². The number of hydrogen-bond donors (Lipinski definition) is 0. The van der Waals surface area contributed by atoms with E-state index < -0.39 is 0 Å². The van der Waals surface area contributed by atoms with Gasteiger partial charge in [-0.2, -0.15) is 0 Å². The van der Waals surface area contributed by atoms with Crippen LogP contribution < -0.4 is 0 Å². The largest absolute Gasteiger partial charge is 0.461 e. The van der Waals surface area contributed by atoms with E-state index >= 15 is 0 Å². The zero-order valence-corrected chi connectivity index (χ0v) is 12.3. The third kappa shape index (κ3) is 2.89. The highest BCUT2D eigenvalue weighted by molar-refractivity contribution is 5.72. The second-order valence-corrected chi connectivity index (χ2v) is 6.40. The maximum absolute atomic E-state index is 12.2. The fraction of sp³-hybridized carbons (Fsp3) is 0.611. The first-order chi connectivity index (χ1) is 9.76. The zero-order chi connectivity index (χ0) is 13.9. The fourth-order valence-corrected chi connectivity index (χ4v) is 3.90. The standard InChI is InChI=1S/C18H24O2/c1-2-13-6-8-14(9-7-13)12-20-18(19)17-10-15-4-3-5-16(15)11-17/h6-9,15-17H,2-5,10-12H2,1H3/t15-,16+,17?. The summed E-state index contributed by atoms with van der Waals surface area (Å²) in [6.07, 6.45) is 7.20. The van der Waals surface area contributed by atoms with Gasteiger partial charge in [0.15, 0.2) is 0 Å². The number of carbonyl (C=O) groups excluding carboxylic acids is 1. The summed E-state index contributed by atoms with van der Waals surface area (Å²) < 4.78 is 5.51. The molecule has 3 rings (SSSR count). The molecule has 108 valence electrons. The van der Waals surface area contributed by atoms with Gasteiger partial charge in [-0.25, -0.2) is 0 Å². The Morgan fingerprint density at radius 2 is 1.70 bits per heavy atom. The van der Waals surface area contributed by atoms with Gasteiger partial charge in [0.05, 0.1) is 5.92 Å². The lowest BCUT2D eigenvalue weighted by Gasteiger charge is -2.11. The van der Waals surface area contributed by atoms with Gasteiger partial charge in [-0.3, -0.25) is 4.79 Å². The zero-order valence-electron chi connectivity index (χ0n) is 12.3. The van der Waals surface area contributed by atoms with Crippen molar-refractivity contribution in [3.8, 4) is 0 Å². The molecule has 2 nitrogen and oxygen atoms in total. The maximum Gasteiger partial charge on any atom is 0.309 e. The highest BCUT2D eigenvalue weighted by Gasteiger charge is 2.40. The van der Waals surface area contributed by atoms with Crippen LogP contribution in [0.2, 0.25) is 0 Å². The molecule has 0 N–H and O–H groups in total. The Morgan fingerprint density at radius 3 is 2.30 bits per heavy atom. The summed E-state index contributed by atoms with van der Waals surface area (Å²) in [6.45, 7) is 2.57. The molecular formula is C18H24O2. The first kappa shape index (κ1) is 13.7. The average Bonchev–Trinajstić information content (AvgIpc) is 3.06. The van der Waals surface area contributed by atoms with Crippen LogP contribution in [0.15, 0.2) is 24.3 Å². The van der Waals surface area contributed by atoms with Crippen molar-refractivity contribution in [3.05, 3.63) is 35.4 Å². The van der Waals surface area contributed by atoms with Crippen LogP contribution in [0.3, 0.4) is 0 Å².